The Morgan fingerprint density at radius 3 is 2.66 bits per heavy atom. The van der Waals surface area contributed by atoms with E-state index < -0.39 is 0 Å². The highest BCUT2D eigenvalue weighted by molar-refractivity contribution is 9.10. The lowest BCUT2D eigenvalue weighted by Gasteiger charge is -2.14. The van der Waals surface area contributed by atoms with Crippen molar-refractivity contribution in [2.75, 3.05) is 5.73 Å². The van der Waals surface area contributed by atoms with Gasteiger partial charge in [0.15, 0.2) is 0 Å². The highest BCUT2D eigenvalue weighted by atomic mass is 79.9. The van der Waals surface area contributed by atoms with Gasteiger partial charge >= 0.3 is 0 Å². The zero-order chi connectivity index (χ0) is 21.0. The highest BCUT2D eigenvalue weighted by Gasteiger charge is 2.12. The van der Waals surface area contributed by atoms with E-state index in [-0.39, 0.29) is 0 Å². The third-order valence-corrected chi connectivity index (χ3v) is 7.44. The van der Waals surface area contributed by atoms with Crippen LogP contribution < -0.4 is 5.73 Å². The van der Waals surface area contributed by atoms with Crippen LogP contribution in [0.15, 0.2) is 53.0 Å². The highest BCUT2D eigenvalue weighted by Crippen LogP contribution is 2.33. The van der Waals surface area contributed by atoms with E-state index in [1.165, 1.54) is 59.9 Å². The number of fused-ring (bicyclic) bond motifs is 1. The number of hydrogen-bond donors (Lipinski definition) is 1. The van der Waals surface area contributed by atoms with Gasteiger partial charge in [-0.25, -0.2) is 0 Å². The van der Waals surface area contributed by atoms with Gasteiger partial charge in [-0.2, -0.15) is 0 Å². The average molecular weight is 471 g/mol. The normalized spacial score (nSPS) is 15.5. The summed E-state index contributed by atoms with van der Waals surface area (Å²) < 4.78 is 1.09. The number of nitrogen functional groups attached to an aromatic ring is 1. The van der Waals surface area contributed by atoms with Crippen molar-refractivity contribution < 1.29 is 0 Å². The number of nitrogens with two attached hydrogens (primary N) is 1. The van der Waals surface area contributed by atoms with Gasteiger partial charge in [0.2, 0.25) is 0 Å². The van der Waals surface area contributed by atoms with Crippen LogP contribution in [0, 0.1) is 6.92 Å². The molecule has 2 aromatic carbocycles. The molecule has 1 atom stereocenters. The SMILES string of the molecule is C=C(SC(C)/C=C(\C)Cc1cc(C)c(N)cc1Br)c1ccc2c(c1)CCCCC2. The van der Waals surface area contributed by atoms with E-state index in [9.17, 15) is 0 Å². The maximum atomic E-state index is 6.00. The van der Waals surface area contributed by atoms with Crippen molar-refractivity contribution in [2.45, 2.75) is 64.5 Å². The summed E-state index contributed by atoms with van der Waals surface area (Å²) >= 11 is 5.51. The lowest BCUT2D eigenvalue weighted by atomic mass is 10.00. The number of hydrogen-bond acceptors (Lipinski definition) is 2. The maximum absolute atomic E-state index is 6.00. The standard InChI is InChI=1S/C26H32BrNS/c1-17(13-24-14-18(2)26(28)16-25(24)27)12-19(3)29-20(4)22-11-10-21-8-6-5-7-9-23(21)15-22/h10-12,14-16,19H,4-9,13,28H2,1-3H3/b17-12+. The van der Waals surface area contributed by atoms with Gasteiger partial charge in [-0.3, -0.25) is 0 Å². The molecule has 0 aromatic heterocycles. The summed E-state index contributed by atoms with van der Waals surface area (Å²) in [5, 5.41) is 0.384. The Labute approximate surface area is 189 Å². The molecule has 1 aliphatic rings. The van der Waals surface area contributed by atoms with E-state index in [1.807, 2.05) is 17.8 Å². The summed E-state index contributed by atoms with van der Waals surface area (Å²) in [4.78, 5) is 1.16. The second-order valence-electron chi connectivity index (χ2n) is 8.28. The van der Waals surface area contributed by atoms with Crippen LogP contribution in [0.2, 0.25) is 0 Å². The van der Waals surface area contributed by atoms with Gasteiger partial charge < -0.3 is 5.73 Å². The summed E-state index contributed by atoms with van der Waals surface area (Å²) in [5.74, 6) is 0. The van der Waals surface area contributed by atoms with Crippen molar-refractivity contribution in [1.29, 1.82) is 0 Å². The van der Waals surface area contributed by atoms with Gasteiger partial charge in [0.05, 0.1) is 0 Å². The largest absolute Gasteiger partial charge is 0.398 e. The monoisotopic (exact) mass is 469 g/mol. The summed E-state index contributed by atoms with van der Waals surface area (Å²) in [6, 6.07) is 11.2. The molecule has 3 rings (SSSR count). The lowest BCUT2D eigenvalue weighted by Crippen LogP contribution is -1.98. The quantitative estimate of drug-likeness (QED) is 0.264. The van der Waals surface area contributed by atoms with Crippen molar-refractivity contribution in [3.8, 4) is 0 Å². The van der Waals surface area contributed by atoms with Gasteiger partial charge in [-0.05, 0) is 86.8 Å². The minimum Gasteiger partial charge on any atom is -0.398 e. The first-order valence-electron chi connectivity index (χ1n) is 10.5. The number of rotatable bonds is 6. The average Bonchev–Trinajstić information content (AvgIpc) is 2.90. The smallest absolute Gasteiger partial charge is 0.0355 e. The number of thioether (sulfide) groups is 1. The molecule has 29 heavy (non-hydrogen) atoms. The van der Waals surface area contributed by atoms with E-state index in [1.54, 1.807) is 0 Å². The second kappa shape index (κ2) is 10.0. The van der Waals surface area contributed by atoms with E-state index in [4.69, 9.17) is 5.73 Å². The molecule has 0 spiro atoms. The number of anilines is 1. The summed E-state index contributed by atoms with van der Waals surface area (Å²) in [7, 11) is 0. The minimum absolute atomic E-state index is 0.384. The Kier molecular flexibility index (Phi) is 7.70. The molecule has 1 unspecified atom stereocenters. The third-order valence-electron chi connectivity index (χ3n) is 5.67. The molecule has 2 N–H and O–H groups in total. The van der Waals surface area contributed by atoms with E-state index in [2.05, 4.69) is 73.6 Å². The Morgan fingerprint density at radius 2 is 1.90 bits per heavy atom. The van der Waals surface area contributed by atoms with Crippen molar-refractivity contribution in [3.63, 3.8) is 0 Å². The number of aryl methyl sites for hydroxylation is 3. The summed E-state index contributed by atoms with van der Waals surface area (Å²) in [6.45, 7) is 10.9. The number of benzene rings is 2. The molecule has 1 nitrogen and oxygen atoms in total. The Bertz CT molecular complexity index is 929. The van der Waals surface area contributed by atoms with Crippen molar-refractivity contribution in [2.24, 2.45) is 0 Å². The molecule has 154 valence electrons. The first-order chi connectivity index (χ1) is 13.8. The van der Waals surface area contributed by atoms with Crippen molar-refractivity contribution in [3.05, 3.63) is 80.8 Å². The predicted octanol–water partition coefficient (Wildman–Crippen LogP) is 7.89. The molecular weight excluding hydrogens is 438 g/mol. The van der Waals surface area contributed by atoms with Gasteiger partial charge in [0.25, 0.3) is 0 Å². The molecule has 0 saturated carbocycles. The first kappa shape index (κ1) is 22.2. The van der Waals surface area contributed by atoms with Crippen LogP contribution in [-0.4, -0.2) is 5.25 Å². The summed E-state index contributed by atoms with van der Waals surface area (Å²) in [5.41, 5.74) is 15.0. The van der Waals surface area contributed by atoms with Crippen LogP contribution in [-0.2, 0) is 19.3 Å². The fraction of sp³-hybridized carbons (Fsp3) is 0.385. The number of allylic oxidation sites excluding steroid dienone is 1. The van der Waals surface area contributed by atoms with Crippen LogP contribution in [0.3, 0.4) is 0 Å². The molecule has 0 fully saturated rings. The summed E-state index contributed by atoms with van der Waals surface area (Å²) in [6.07, 6.45) is 9.72. The Balaban J connectivity index is 1.65. The van der Waals surface area contributed by atoms with Crippen LogP contribution in [0.25, 0.3) is 4.91 Å². The fourth-order valence-electron chi connectivity index (χ4n) is 4.06. The van der Waals surface area contributed by atoms with Crippen LogP contribution >= 0.6 is 27.7 Å². The van der Waals surface area contributed by atoms with E-state index in [0.29, 0.717) is 5.25 Å². The predicted molar refractivity (Wildman–Crippen MR) is 135 cm³/mol. The second-order valence-corrected chi connectivity index (χ2v) is 10.6. The molecule has 1 aliphatic carbocycles. The molecule has 2 aromatic rings. The Morgan fingerprint density at radius 1 is 1.17 bits per heavy atom. The molecule has 0 heterocycles. The first-order valence-corrected chi connectivity index (χ1v) is 12.2. The van der Waals surface area contributed by atoms with E-state index >= 15 is 0 Å². The lowest BCUT2D eigenvalue weighted by molar-refractivity contribution is 0.711. The molecule has 0 saturated heterocycles. The van der Waals surface area contributed by atoms with E-state index in [0.717, 1.165) is 27.0 Å². The topological polar surface area (TPSA) is 26.0 Å². The molecule has 3 heteroatoms. The van der Waals surface area contributed by atoms with Gasteiger partial charge in [-0.1, -0.05) is 64.8 Å². The van der Waals surface area contributed by atoms with Crippen molar-refractivity contribution in [1.82, 2.24) is 0 Å². The maximum Gasteiger partial charge on any atom is 0.0355 e. The number of halogens is 1. The minimum atomic E-state index is 0.384. The Hall–Kier alpha value is -1.45. The van der Waals surface area contributed by atoms with Gasteiger partial charge in [0.1, 0.15) is 0 Å². The van der Waals surface area contributed by atoms with Crippen molar-refractivity contribution >= 4 is 38.3 Å². The van der Waals surface area contributed by atoms with Gasteiger partial charge in [-0.15, -0.1) is 11.8 Å². The fourth-order valence-corrected chi connectivity index (χ4v) is 5.58. The molecule has 0 radical (unpaired) electrons. The molecule has 0 bridgehead atoms. The molecule has 0 amide bonds. The van der Waals surface area contributed by atoms with Crippen LogP contribution in [0.5, 0.6) is 0 Å². The zero-order valence-corrected chi connectivity index (χ0v) is 20.3. The molecule has 0 aliphatic heterocycles. The van der Waals surface area contributed by atoms with Gasteiger partial charge in [0, 0.05) is 20.3 Å². The molecular formula is C26H32BrNS. The van der Waals surface area contributed by atoms with Crippen LogP contribution in [0.4, 0.5) is 5.69 Å². The van der Waals surface area contributed by atoms with Crippen LogP contribution in [0.1, 0.15) is 60.9 Å². The zero-order valence-electron chi connectivity index (χ0n) is 17.9. The third kappa shape index (κ3) is 6.02.